The molecule has 2 aliphatic carbocycles. The van der Waals surface area contributed by atoms with Gasteiger partial charge in [-0.3, -0.25) is 19.2 Å². The number of carbonyl (C=O) groups is 4. The molecule has 0 N–H and O–H groups in total. The Bertz CT molecular complexity index is 792. The van der Waals surface area contributed by atoms with Gasteiger partial charge in [0, 0.05) is 38.5 Å². The third-order valence-electron chi connectivity index (χ3n) is 8.28. The van der Waals surface area contributed by atoms with E-state index < -0.39 is 41.1 Å². The van der Waals surface area contributed by atoms with E-state index in [0.29, 0.717) is 19.4 Å². The second-order valence-corrected chi connectivity index (χ2v) is 10.2. The van der Waals surface area contributed by atoms with E-state index >= 15 is 0 Å². The molecule has 0 spiro atoms. The van der Waals surface area contributed by atoms with Crippen molar-refractivity contribution < 1.29 is 38.1 Å². The summed E-state index contributed by atoms with van der Waals surface area (Å²) in [5.74, 6) is -1.48. The summed E-state index contributed by atoms with van der Waals surface area (Å²) >= 11 is 0. The number of cyclic esters (lactones) is 1. The fourth-order valence-electron chi connectivity index (χ4n) is 6.94. The summed E-state index contributed by atoms with van der Waals surface area (Å²) in [7, 11) is 0. The third kappa shape index (κ3) is 3.82. The quantitative estimate of drug-likeness (QED) is 0.480. The minimum absolute atomic E-state index is 0.0639. The van der Waals surface area contributed by atoms with E-state index in [0.717, 1.165) is 19.3 Å². The van der Waals surface area contributed by atoms with E-state index in [4.69, 9.17) is 18.9 Å². The zero-order valence-electron chi connectivity index (χ0n) is 18.7. The normalized spacial score (nSPS) is 44.4. The van der Waals surface area contributed by atoms with Crippen molar-refractivity contribution in [3.8, 4) is 0 Å². The highest BCUT2D eigenvalue weighted by atomic mass is 16.6. The Balaban J connectivity index is 1.68. The van der Waals surface area contributed by atoms with Gasteiger partial charge in [0.1, 0.15) is 17.8 Å². The van der Waals surface area contributed by atoms with Crippen LogP contribution in [0.1, 0.15) is 66.2 Å². The number of carbonyl (C=O) groups excluding carboxylic acids is 4. The summed E-state index contributed by atoms with van der Waals surface area (Å²) in [4.78, 5) is 48.5. The molecule has 0 aromatic carbocycles. The molecule has 4 fully saturated rings. The maximum atomic E-state index is 13.1. The third-order valence-corrected chi connectivity index (χ3v) is 8.28. The summed E-state index contributed by atoms with van der Waals surface area (Å²) in [5.41, 5.74) is -1.01. The van der Waals surface area contributed by atoms with Gasteiger partial charge in [-0.1, -0.05) is 6.92 Å². The molecule has 0 unspecified atom stereocenters. The van der Waals surface area contributed by atoms with E-state index in [1.54, 1.807) is 0 Å². The highest BCUT2D eigenvalue weighted by molar-refractivity contribution is 5.75. The first-order valence-corrected chi connectivity index (χ1v) is 11.3. The minimum Gasteiger partial charge on any atom is -0.465 e. The molecule has 172 valence electrons. The number of esters is 4. The van der Waals surface area contributed by atoms with Gasteiger partial charge in [-0.05, 0) is 43.9 Å². The van der Waals surface area contributed by atoms with Crippen LogP contribution >= 0.6 is 0 Å². The Hall–Kier alpha value is -2.12. The van der Waals surface area contributed by atoms with Gasteiger partial charge in [0.25, 0.3) is 0 Å². The summed E-state index contributed by atoms with van der Waals surface area (Å²) in [6, 6.07) is 0. The van der Waals surface area contributed by atoms with E-state index in [1.807, 2.05) is 6.92 Å². The molecule has 31 heavy (non-hydrogen) atoms. The molecule has 0 radical (unpaired) electrons. The molecular formula is C23H32O8. The Labute approximate surface area is 182 Å². The van der Waals surface area contributed by atoms with Crippen molar-refractivity contribution in [3.05, 3.63) is 0 Å². The van der Waals surface area contributed by atoms with Crippen molar-refractivity contribution in [3.63, 3.8) is 0 Å². The number of ether oxygens (including phenoxy) is 4. The Morgan fingerprint density at radius 3 is 2.35 bits per heavy atom. The van der Waals surface area contributed by atoms with Gasteiger partial charge >= 0.3 is 23.9 Å². The molecule has 4 aliphatic rings. The summed E-state index contributed by atoms with van der Waals surface area (Å²) < 4.78 is 22.6. The van der Waals surface area contributed by atoms with Crippen LogP contribution in [0.3, 0.4) is 0 Å². The van der Waals surface area contributed by atoms with Gasteiger partial charge in [0.05, 0.1) is 12.5 Å². The van der Waals surface area contributed by atoms with Crippen LogP contribution in [0.5, 0.6) is 0 Å². The molecule has 2 heterocycles. The zero-order chi connectivity index (χ0) is 22.6. The zero-order valence-corrected chi connectivity index (χ0v) is 18.7. The molecule has 8 atom stereocenters. The maximum absolute atomic E-state index is 13.1. The second kappa shape index (κ2) is 7.78. The van der Waals surface area contributed by atoms with Gasteiger partial charge in [0.15, 0.2) is 0 Å². The van der Waals surface area contributed by atoms with Gasteiger partial charge in [-0.15, -0.1) is 0 Å². The lowest BCUT2D eigenvalue weighted by Gasteiger charge is -2.56. The first-order chi connectivity index (χ1) is 14.5. The van der Waals surface area contributed by atoms with Crippen LogP contribution in [0.15, 0.2) is 0 Å². The number of fused-ring (bicyclic) bond motifs is 5. The van der Waals surface area contributed by atoms with Crippen LogP contribution in [0, 0.1) is 29.1 Å². The SMILES string of the molecule is CC(=O)O[C@H]1C[C@@H]2C(=O)OC[C@@H]3[C@H](CC[C@]4(C)OC(=O)CC[C@@H]34)[C@@]2(C)C[C@H]1OC(C)=O. The van der Waals surface area contributed by atoms with Gasteiger partial charge in [0.2, 0.25) is 0 Å². The Kier molecular flexibility index (Phi) is 5.54. The van der Waals surface area contributed by atoms with Crippen molar-refractivity contribution in [2.75, 3.05) is 6.61 Å². The van der Waals surface area contributed by atoms with E-state index in [2.05, 4.69) is 6.92 Å². The highest BCUT2D eigenvalue weighted by Crippen LogP contribution is 2.60. The first-order valence-electron chi connectivity index (χ1n) is 11.3. The van der Waals surface area contributed by atoms with Crippen LogP contribution in [-0.4, -0.2) is 48.3 Å². The van der Waals surface area contributed by atoms with Gasteiger partial charge in [-0.2, -0.15) is 0 Å². The topological polar surface area (TPSA) is 105 Å². The van der Waals surface area contributed by atoms with Crippen molar-refractivity contribution in [1.29, 1.82) is 0 Å². The van der Waals surface area contributed by atoms with E-state index in [1.165, 1.54) is 13.8 Å². The van der Waals surface area contributed by atoms with Crippen LogP contribution in [0.2, 0.25) is 0 Å². The second-order valence-electron chi connectivity index (χ2n) is 10.2. The van der Waals surface area contributed by atoms with E-state index in [-0.39, 0.29) is 36.1 Å². The van der Waals surface area contributed by atoms with Crippen molar-refractivity contribution >= 4 is 23.9 Å². The monoisotopic (exact) mass is 436 g/mol. The van der Waals surface area contributed by atoms with Gasteiger partial charge in [-0.25, -0.2) is 0 Å². The molecule has 0 bridgehead atoms. The van der Waals surface area contributed by atoms with Crippen LogP contribution < -0.4 is 0 Å². The molecular weight excluding hydrogens is 404 g/mol. The predicted molar refractivity (Wildman–Crippen MR) is 106 cm³/mol. The lowest BCUT2D eigenvalue weighted by molar-refractivity contribution is -0.201. The Morgan fingerprint density at radius 2 is 1.68 bits per heavy atom. The maximum Gasteiger partial charge on any atom is 0.309 e. The van der Waals surface area contributed by atoms with Crippen LogP contribution in [0.4, 0.5) is 0 Å². The fraction of sp³-hybridized carbons (Fsp3) is 0.826. The summed E-state index contributed by atoms with van der Waals surface area (Å²) in [6.45, 7) is 7.03. The number of hydrogen-bond donors (Lipinski definition) is 0. The molecule has 2 saturated carbocycles. The van der Waals surface area contributed by atoms with Crippen molar-refractivity contribution in [1.82, 2.24) is 0 Å². The number of hydrogen-bond acceptors (Lipinski definition) is 8. The molecule has 0 aromatic heterocycles. The largest absolute Gasteiger partial charge is 0.465 e. The molecule has 8 heteroatoms. The molecule has 4 rings (SSSR count). The average Bonchev–Trinajstić information content (AvgIpc) is 2.75. The standard InChI is InChI=1S/C23H32O8/c1-12(24)29-18-9-17-21(27)28-11-14-15(22(17,3)10-19(18)30-13(2)25)7-8-23(4)16(14)5-6-20(26)31-23/h14-19H,5-11H2,1-4H3/t14-,15+,16+,17-,18+,19-,22-,23+/m1/s1. The number of rotatable bonds is 2. The Morgan fingerprint density at radius 1 is 1.00 bits per heavy atom. The average molecular weight is 437 g/mol. The summed E-state index contributed by atoms with van der Waals surface area (Å²) in [5, 5.41) is 0. The first kappa shape index (κ1) is 22.1. The molecule has 2 aliphatic heterocycles. The predicted octanol–water partition coefficient (Wildman–Crippen LogP) is 2.56. The molecule has 0 aromatic rings. The smallest absolute Gasteiger partial charge is 0.309 e. The van der Waals surface area contributed by atoms with Crippen LogP contribution in [0.25, 0.3) is 0 Å². The molecule has 2 saturated heterocycles. The lowest BCUT2D eigenvalue weighted by atomic mass is 9.50. The molecule has 0 amide bonds. The lowest BCUT2D eigenvalue weighted by Crippen LogP contribution is -2.58. The van der Waals surface area contributed by atoms with Crippen LogP contribution in [-0.2, 0) is 38.1 Å². The van der Waals surface area contributed by atoms with E-state index in [9.17, 15) is 19.2 Å². The molecule has 8 nitrogen and oxygen atoms in total. The highest BCUT2D eigenvalue weighted by Gasteiger charge is 2.62. The minimum atomic E-state index is -0.673. The van der Waals surface area contributed by atoms with Crippen molar-refractivity contribution in [2.24, 2.45) is 29.1 Å². The summed E-state index contributed by atoms with van der Waals surface area (Å²) in [6.07, 6.45) is 2.04. The van der Waals surface area contributed by atoms with Crippen molar-refractivity contribution in [2.45, 2.75) is 84.0 Å². The van der Waals surface area contributed by atoms with Gasteiger partial charge < -0.3 is 18.9 Å². The fourth-order valence-corrected chi connectivity index (χ4v) is 6.94.